The van der Waals surface area contributed by atoms with E-state index in [0.717, 1.165) is 0 Å². The second-order valence-corrected chi connectivity index (χ2v) is 3.74. The lowest BCUT2D eigenvalue weighted by atomic mass is 10.3. The number of hydrogen-bond donors (Lipinski definition) is 2. The molecule has 0 unspecified atom stereocenters. The van der Waals surface area contributed by atoms with Gasteiger partial charge in [-0.15, -0.1) is 0 Å². The molecule has 0 radical (unpaired) electrons. The topological polar surface area (TPSA) is 95.5 Å². The number of ether oxygens (including phenoxy) is 1. The highest BCUT2D eigenvalue weighted by molar-refractivity contribution is 5.69. The average Bonchev–Trinajstić information content (AvgIpc) is 2.28. The van der Waals surface area contributed by atoms with Gasteiger partial charge in [-0.25, -0.2) is 4.79 Å². The van der Waals surface area contributed by atoms with Gasteiger partial charge in [0.15, 0.2) is 0 Å². The van der Waals surface area contributed by atoms with E-state index in [4.69, 9.17) is 9.84 Å². The van der Waals surface area contributed by atoms with Crippen LogP contribution in [0, 0.1) is 0 Å². The predicted molar refractivity (Wildman–Crippen MR) is 59.2 cm³/mol. The summed E-state index contributed by atoms with van der Waals surface area (Å²) in [6.07, 6.45) is -0.213. The van der Waals surface area contributed by atoms with Gasteiger partial charge in [0, 0.05) is 24.8 Å². The van der Waals surface area contributed by atoms with Gasteiger partial charge in [-0.05, 0) is 0 Å². The summed E-state index contributed by atoms with van der Waals surface area (Å²) >= 11 is 0. The molecular formula is C10H13N3O4. The number of carbonyl (C=O) groups is 1. The molecule has 2 heterocycles. The van der Waals surface area contributed by atoms with Gasteiger partial charge in [0.2, 0.25) is 0 Å². The number of rotatable bonds is 3. The molecule has 2 N–H and O–H groups in total. The first-order valence-corrected chi connectivity index (χ1v) is 5.30. The number of H-pyrrole nitrogens is 1. The number of aromatic nitrogens is 2. The molecule has 92 valence electrons. The molecule has 1 aromatic heterocycles. The summed E-state index contributed by atoms with van der Waals surface area (Å²) in [5, 5.41) is 8.68. The average molecular weight is 239 g/mol. The number of aliphatic carboxylic acids is 1. The standard InChI is InChI=1S/C10H13N3O4/c14-9(15)6-7-5-8(12-10(16)11-7)13-1-3-17-4-2-13/h5H,1-4,6H2,(H,14,15)(H,11,12,16). The first-order valence-electron chi connectivity index (χ1n) is 5.30. The van der Waals surface area contributed by atoms with Gasteiger partial charge >= 0.3 is 11.7 Å². The molecule has 0 aromatic carbocycles. The molecule has 0 amide bonds. The van der Waals surface area contributed by atoms with Crippen LogP contribution in [0.15, 0.2) is 10.9 Å². The number of anilines is 1. The van der Waals surface area contributed by atoms with E-state index >= 15 is 0 Å². The number of hydrogen-bond acceptors (Lipinski definition) is 5. The molecule has 1 saturated heterocycles. The maximum absolute atomic E-state index is 11.3. The third kappa shape index (κ3) is 3.04. The van der Waals surface area contributed by atoms with Crippen molar-refractivity contribution in [1.82, 2.24) is 9.97 Å². The Morgan fingerprint density at radius 1 is 1.53 bits per heavy atom. The van der Waals surface area contributed by atoms with Crippen molar-refractivity contribution in [2.45, 2.75) is 6.42 Å². The second kappa shape index (κ2) is 4.96. The lowest BCUT2D eigenvalue weighted by Crippen LogP contribution is -2.38. The molecule has 1 aliphatic heterocycles. The Kier molecular flexibility index (Phi) is 3.38. The summed E-state index contributed by atoms with van der Waals surface area (Å²) in [7, 11) is 0. The van der Waals surface area contributed by atoms with E-state index in [-0.39, 0.29) is 6.42 Å². The van der Waals surface area contributed by atoms with Crippen molar-refractivity contribution in [3.05, 3.63) is 22.2 Å². The summed E-state index contributed by atoms with van der Waals surface area (Å²) in [6, 6.07) is 1.60. The Labute approximate surface area is 97.0 Å². The molecule has 0 atom stereocenters. The summed E-state index contributed by atoms with van der Waals surface area (Å²) in [6.45, 7) is 2.48. The van der Waals surface area contributed by atoms with Crippen LogP contribution in [0.3, 0.4) is 0 Å². The van der Waals surface area contributed by atoms with Gasteiger partial charge in [0.05, 0.1) is 19.6 Å². The number of carboxylic acid groups (broad SMARTS) is 1. The number of morpholine rings is 1. The molecule has 0 bridgehead atoms. The number of aromatic amines is 1. The van der Waals surface area contributed by atoms with Crippen molar-refractivity contribution >= 4 is 11.8 Å². The van der Waals surface area contributed by atoms with Crippen LogP contribution in [0.25, 0.3) is 0 Å². The van der Waals surface area contributed by atoms with Crippen LogP contribution in [0.5, 0.6) is 0 Å². The smallest absolute Gasteiger partial charge is 0.347 e. The molecular weight excluding hydrogens is 226 g/mol. The maximum Gasteiger partial charge on any atom is 0.347 e. The minimum Gasteiger partial charge on any atom is -0.481 e. The monoisotopic (exact) mass is 239 g/mol. The van der Waals surface area contributed by atoms with Crippen molar-refractivity contribution in [3.63, 3.8) is 0 Å². The Balaban J connectivity index is 2.24. The van der Waals surface area contributed by atoms with E-state index in [1.165, 1.54) is 0 Å². The fourth-order valence-corrected chi connectivity index (χ4v) is 1.71. The highest BCUT2D eigenvalue weighted by Gasteiger charge is 2.14. The third-order valence-corrected chi connectivity index (χ3v) is 2.46. The summed E-state index contributed by atoms with van der Waals surface area (Å²) in [4.78, 5) is 30.1. The molecule has 7 heteroatoms. The fraction of sp³-hybridized carbons (Fsp3) is 0.500. The van der Waals surface area contributed by atoms with Crippen LogP contribution in [0.1, 0.15) is 5.69 Å². The first-order chi connectivity index (χ1) is 8.15. The molecule has 1 fully saturated rings. The van der Waals surface area contributed by atoms with E-state index < -0.39 is 11.7 Å². The van der Waals surface area contributed by atoms with Crippen LogP contribution in [0.4, 0.5) is 5.82 Å². The molecule has 0 aliphatic carbocycles. The Bertz CT molecular complexity index is 465. The molecule has 1 aliphatic rings. The van der Waals surface area contributed by atoms with E-state index in [1.54, 1.807) is 6.07 Å². The fourth-order valence-electron chi connectivity index (χ4n) is 1.71. The third-order valence-electron chi connectivity index (χ3n) is 2.46. The highest BCUT2D eigenvalue weighted by atomic mass is 16.5. The first kappa shape index (κ1) is 11.6. The van der Waals surface area contributed by atoms with E-state index in [0.29, 0.717) is 37.8 Å². The normalized spacial score (nSPS) is 15.9. The number of nitrogens with one attached hydrogen (secondary N) is 1. The van der Waals surface area contributed by atoms with Crippen LogP contribution in [-0.2, 0) is 16.0 Å². The van der Waals surface area contributed by atoms with Crippen molar-refractivity contribution in [1.29, 1.82) is 0 Å². The van der Waals surface area contributed by atoms with Gasteiger partial charge in [0.25, 0.3) is 0 Å². The molecule has 7 nitrogen and oxygen atoms in total. The molecule has 0 spiro atoms. The van der Waals surface area contributed by atoms with Gasteiger partial charge in [-0.1, -0.05) is 0 Å². The minimum absolute atomic E-state index is 0.213. The Morgan fingerprint density at radius 2 is 2.24 bits per heavy atom. The highest BCUT2D eigenvalue weighted by Crippen LogP contribution is 2.11. The van der Waals surface area contributed by atoms with Crippen molar-refractivity contribution in [3.8, 4) is 0 Å². The largest absolute Gasteiger partial charge is 0.481 e. The van der Waals surface area contributed by atoms with Gasteiger partial charge in [-0.2, -0.15) is 4.98 Å². The van der Waals surface area contributed by atoms with Crippen LogP contribution in [0.2, 0.25) is 0 Å². The SMILES string of the molecule is O=C(O)Cc1cc(N2CCOCC2)nc(=O)[nH]1. The predicted octanol–water partition coefficient (Wildman–Crippen LogP) is -0.766. The lowest BCUT2D eigenvalue weighted by molar-refractivity contribution is -0.136. The van der Waals surface area contributed by atoms with Crippen LogP contribution < -0.4 is 10.6 Å². The molecule has 2 rings (SSSR count). The maximum atomic E-state index is 11.3. The Morgan fingerprint density at radius 3 is 2.88 bits per heavy atom. The molecule has 0 saturated carbocycles. The van der Waals surface area contributed by atoms with Crippen LogP contribution in [-0.4, -0.2) is 47.3 Å². The van der Waals surface area contributed by atoms with Gasteiger partial charge in [-0.3, -0.25) is 4.79 Å². The van der Waals surface area contributed by atoms with Gasteiger partial charge < -0.3 is 19.7 Å². The van der Waals surface area contributed by atoms with Gasteiger partial charge in [0.1, 0.15) is 5.82 Å². The van der Waals surface area contributed by atoms with E-state index in [1.807, 2.05) is 4.90 Å². The lowest BCUT2D eigenvalue weighted by Gasteiger charge is -2.27. The second-order valence-electron chi connectivity index (χ2n) is 3.74. The summed E-state index contributed by atoms with van der Waals surface area (Å²) in [5.41, 5.74) is -0.163. The quantitative estimate of drug-likeness (QED) is 0.719. The zero-order chi connectivity index (χ0) is 12.3. The summed E-state index contributed by atoms with van der Waals surface area (Å²) < 4.78 is 5.20. The minimum atomic E-state index is -0.986. The Hall–Kier alpha value is -1.89. The van der Waals surface area contributed by atoms with E-state index in [9.17, 15) is 9.59 Å². The number of nitrogens with zero attached hydrogens (tertiary/aromatic N) is 2. The zero-order valence-corrected chi connectivity index (χ0v) is 9.18. The van der Waals surface area contributed by atoms with E-state index in [2.05, 4.69) is 9.97 Å². The molecule has 1 aromatic rings. The van der Waals surface area contributed by atoms with Crippen molar-refractivity contribution in [2.75, 3.05) is 31.2 Å². The number of carboxylic acids is 1. The van der Waals surface area contributed by atoms with Crippen molar-refractivity contribution < 1.29 is 14.6 Å². The van der Waals surface area contributed by atoms with Crippen LogP contribution >= 0.6 is 0 Å². The summed E-state index contributed by atoms with van der Waals surface area (Å²) in [5.74, 6) is -0.479. The zero-order valence-electron chi connectivity index (χ0n) is 9.18. The van der Waals surface area contributed by atoms with Crippen molar-refractivity contribution in [2.24, 2.45) is 0 Å². The molecule has 17 heavy (non-hydrogen) atoms.